The van der Waals surface area contributed by atoms with Gasteiger partial charge in [0.05, 0.1) is 18.7 Å². The van der Waals surface area contributed by atoms with Gasteiger partial charge in [-0.25, -0.2) is 4.98 Å². The fourth-order valence-corrected chi connectivity index (χ4v) is 1.93. The van der Waals surface area contributed by atoms with Crippen molar-refractivity contribution in [1.29, 1.82) is 0 Å². The molecule has 4 N–H and O–H groups in total. The van der Waals surface area contributed by atoms with Crippen molar-refractivity contribution in [2.24, 2.45) is 0 Å². The molecule has 0 aromatic carbocycles. The molecule has 0 saturated carbocycles. The molecule has 2 rings (SSSR count). The summed E-state index contributed by atoms with van der Waals surface area (Å²) in [6.07, 6.45) is 1.34. The van der Waals surface area contributed by atoms with E-state index in [4.69, 9.17) is 16.2 Å². The van der Waals surface area contributed by atoms with E-state index in [-0.39, 0.29) is 23.7 Å². The van der Waals surface area contributed by atoms with Gasteiger partial charge in [-0.3, -0.25) is 4.79 Å². The lowest BCUT2D eigenvalue weighted by Crippen LogP contribution is -2.14. The fourth-order valence-electron chi connectivity index (χ4n) is 1.93. The normalized spacial score (nSPS) is 18.6. The molecule has 0 amide bonds. The van der Waals surface area contributed by atoms with Crippen LogP contribution in [0.3, 0.4) is 0 Å². The van der Waals surface area contributed by atoms with E-state index in [2.05, 4.69) is 9.97 Å². The Hall–Kier alpha value is -1.85. The lowest BCUT2D eigenvalue weighted by Gasteiger charge is -2.10. The average molecular weight is 208 g/mol. The van der Waals surface area contributed by atoms with E-state index in [1.807, 2.05) is 0 Å². The Morgan fingerprint density at radius 3 is 2.87 bits per heavy atom. The van der Waals surface area contributed by atoms with Crippen LogP contribution in [0.1, 0.15) is 23.6 Å². The van der Waals surface area contributed by atoms with Crippen LogP contribution in [-0.4, -0.2) is 23.0 Å². The van der Waals surface area contributed by atoms with Crippen LogP contribution in [0, 0.1) is 0 Å². The number of rotatable bonds is 1. The number of nitrogen functional groups attached to an aromatic ring is 2. The van der Waals surface area contributed by atoms with Crippen LogP contribution < -0.4 is 11.5 Å². The summed E-state index contributed by atoms with van der Waals surface area (Å²) in [7, 11) is 1.36. The third-order valence-electron chi connectivity index (χ3n) is 2.58. The minimum Gasteiger partial charge on any atom is -0.469 e. The highest BCUT2D eigenvalue weighted by Gasteiger charge is 2.33. The second kappa shape index (κ2) is 3.38. The van der Waals surface area contributed by atoms with Gasteiger partial charge >= 0.3 is 5.97 Å². The van der Waals surface area contributed by atoms with Gasteiger partial charge in [-0.2, -0.15) is 4.98 Å². The van der Waals surface area contributed by atoms with E-state index in [9.17, 15) is 4.79 Å². The first kappa shape index (κ1) is 9.70. The molecule has 1 atom stereocenters. The van der Waals surface area contributed by atoms with Gasteiger partial charge in [-0.1, -0.05) is 0 Å². The number of carbonyl (C=O) groups is 1. The van der Waals surface area contributed by atoms with Crippen molar-refractivity contribution in [2.45, 2.75) is 18.8 Å². The average Bonchev–Trinajstić information content (AvgIpc) is 2.60. The van der Waals surface area contributed by atoms with Crippen LogP contribution >= 0.6 is 0 Å². The van der Waals surface area contributed by atoms with Gasteiger partial charge in [0.15, 0.2) is 0 Å². The first-order chi connectivity index (χ1) is 7.13. The Kier molecular flexibility index (Phi) is 2.18. The monoisotopic (exact) mass is 208 g/mol. The summed E-state index contributed by atoms with van der Waals surface area (Å²) in [6, 6.07) is 0. The standard InChI is InChI=1S/C9H12N4O2/c1-15-8(14)4-2-3-5-6(4)7(10)13-9(11)12-5/h4H,2-3H2,1H3,(H4,10,11,12,13). The molecular weight excluding hydrogens is 196 g/mol. The van der Waals surface area contributed by atoms with Gasteiger partial charge in [0.25, 0.3) is 0 Å². The predicted molar refractivity (Wildman–Crippen MR) is 53.9 cm³/mol. The van der Waals surface area contributed by atoms with Crippen LogP contribution in [0.25, 0.3) is 0 Å². The van der Waals surface area contributed by atoms with Crippen molar-refractivity contribution < 1.29 is 9.53 Å². The summed E-state index contributed by atoms with van der Waals surface area (Å²) in [5.41, 5.74) is 12.6. The molecule has 0 bridgehead atoms. The maximum absolute atomic E-state index is 11.4. The third kappa shape index (κ3) is 1.47. The number of aryl methyl sites for hydroxylation is 1. The lowest BCUT2D eigenvalue weighted by molar-refractivity contribution is -0.142. The number of carbonyl (C=O) groups excluding carboxylic acids is 1. The topological polar surface area (TPSA) is 104 Å². The Labute approximate surface area is 86.6 Å². The Morgan fingerprint density at radius 2 is 2.20 bits per heavy atom. The number of aromatic nitrogens is 2. The van der Waals surface area contributed by atoms with Gasteiger partial charge in [0.1, 0.15) is 5.82 Å². The molecule has 1 aliphatic carbocycles. The first-order valence-corrected chi connectivity index (χ1v) is 4.63. The molecule has 1 aromatic heterocycles. The van der Waals surface area contributed by atoms with Crippen molar-refractivity contribution in [1.82, 2.24) is 9.97 Å². The second-order valence-corrected chi connectivity index (χ2v) is 3.44. The number of methoxy groups -OCH3 is 1. The maximum atomic E-state index is 11.4. The largest absolute Gasteiger partial charge is 0.469 e. The van der Waals surface area contributed by atoms with Crippen molar-refractivity contribution >= 4 is 17.7 Å². The first-order valence-electron chi connectivity index (χ1n) is 4.63. The second-order valence-electron chi connectivity index (χ2n) is 3.44. The Morgan fingerprint density at radius 1 is 1.47 bits per heavy atom. The third-order valence-corrected chi connectivity index (χ3v) is 2.58. The smallest absolute Gasteiger partial charge is 0.313 e. The van der Waals surface area contributed by atoms with Crippen molar-refractivity contribution in [3.05, 3.63) is 11.3 Å². The predicted octanol–water partition coefficient (Wildman–Crippen LogP) is -0.156. The number of anilines is 2. The highest BCUT2D eigenvalue weighted by atomic mass is 16.5. The molecule has 0 spiro atoms. The maximum Gasteiger partial charge on any atom is 0.313 e. The number of nitrogens with two attached hydrogens (primary N) is 2. The molecule has 6 nitrogen and oxygen atoms in total. The minimum absolute atomic E-state index is 0.150. The van der Waals surface area contributed by atoms with Gasteiger partial charge in [0, 0.05) is 5.56 Å². The van der Waals surface area contributed by atoms with Crippen LogP contribution in [0.15, 0.2) is 0 Å². The number of fused-ring (bicyclic) bond motifs is 1. The summed E-state index contributed by atoms with van der Waals surface area (Å²) in [4.78, 5) is 19.4. The zero-order valence-electron chi connectivity index (χ0n) is 8.36. The van der Waals surface area contributed by atoms with Gasteiger partial charge in [0.2, 0.25) is 5.95 Å². The molecule has 0 saturated heterocycles. The number of hydrogen-bond acceptors (Lipinski definition) is 6. The quantitative estimate of drug-likeness (QED) is 0.621. The Bertz CT molecular complexity index is 419. The number of ether oxygens (including phenoxy) is 1. The summed E-state index contributed by atoms with van der Waals surface area (Å²) < 4.78 is 4.69. The van der Waals surface area contributed by atoms with Gasteiger partial charge in [-0.15, -0.1) is 0 Å². The van der Waals surface area contributed by atoms with E-state index in [1.165, 1.54) is 7.11 Å². The molecule has 1 heterocycles. The van der Waals surface area contributed by atoms with E-state index in [0.717, 1.165) is 5.69 Å². The number of hydrogen-bond donors (Lipinski definition) is 2. The van der Waals surface area contributed by atoms with Gasteiger partial charge in [-0.05, 0) is 12.8 Å². The highest BCUT2D eigenvalue weighted by molar-refractivity contribution is 5.81. The summed E-state index contributed by atoms with van der Waals surface area (Å²) in [5, 5.41) is 0. The summed E-state index contributed by atoms with van der Waals surface area (Å²) in [5.74, 6) is -0.207. The van der Waals surface area contributed by atoms with E-state index < -0.39 is 0 Å². The molecule has 1 aliphatic rings. The molecule has 1 unspecified atom stereocenters. The van der Waals surface area contributed by atoms with Gasteiger partial charge < -0.3 is 16.2 Å². The molecule has 0 radical (unpaired) electrons. The Balaban J connectivity index is 2.46. The molecule has 1 aromatic rings. The summed E-state index contributed by atoms with van der Waals surface area (Å²) in [6.45, 7) is 0. The zero-order chi connectivity index (χ0) is 11.0. The van der Waals surface area contributed by atoms with Crippen LogP contribution in [0.4, 0.5) is 11.8 Å². The van der Waals surface area contributed by atoms with Crippen LogP contribution in [0.5, 0.6) is 0 Å². The minimum atomic E-state index is -0.342. The number of esters is 1. The molecule has 0 aliphatic heterocycles. The number of nitrogens with zero attached hydrogens (tertiary/aromatic N) is 2. The molecule has 15 heavy (non-hydrogen) atoms. The summed E-state index contributed by atoms with van der Waals surface area (Å²) >= 11 is 0. The SMILES string of the molecule is COC(=O)C1CCc2nc(N)nc(N)c21. The van der Waals surface area contributed by atoms with Crippen molar-refractivity contribution in [3.8, 4) is 0 Å². The van der Waals surface area contributed by atoms with E-state index >= 15 is 0 Å². The van der Waals surface area contributed by atoms with E-state index in [1.54, 1.807) is 0 Å². The zero-order valence-corrected chi connectivity index (χ0v) is 8.36. The fraction of sp³-hybridized carbons (Fsp3) is 0.444. The molecular formula is C9H12N4O2. The van der Waals surface area contributed by atoms with Crippen LogP contribution in [0.2, 0.25) is 0 Å². The highest BCUT2D eigenvalue weighted by Crippen LogP contribution is 2.36. The lowest BCUT2D eigenvalue weighted by atomic mass is 10.0. The van der Waals surface area contributed by atoms with Crippen LogP contribution in [-0.2, 0) is 16.0 Å². The molecule has 0 fully saturated rings. The molecule has 6 heteroatoms. The molecule has 80 valence electrons. The van der Waals surface area contributed by atoms with Crippen molar-refractivity contribution in [3.63, 3.8) is 0 Å². The van der Waals surface area contributed by atoms with Crippen molar-refractivity contribution in [2.75, 3.05) is 18.6 Å². The van der Waals surface area contributed by atoms with E-state index in [0.29, 0.717) is 18.4 Å².